The van der Waals surface area contributed by atoms with E-state index in [-0.39, 0.29) is 6.10 Å². The van der Waals surface area contributed by atoms with Gasteiger partial charge in [-0.2, -0.15) is 0 Å². The number of likely N-dealkylation sites (N-methyl/N-ethyl adjacent to an activating group) is 1. The third kappa shape index (κ3) is 4.11. The van der Waals surface area contributed by atoms with Gasteiger partial charge >= 0.3 is 0 Å². The Morgan fingerprint density at radius 2 is 2.06 bits per heavy atom. The van der Waals surface area contributed by atoms with E-state index < -0.39 is 0 Å². The monoisotopic (exact) mass is 235 g/mol. The van der Waals surface area contributed by atoms with Crippen LogP contribution in [-0.2, 0) is 16.1 Å². The first-order valence-corrected chi connectivity index (χ1v) is 6.19. The van der Waals surface area contributed by atoms with Gasteiger partial charge < -0.3 is 14.4 Å². The van der Waals surface area contributed by atoms with Gasteiger partial charge in [-0.05, 0) is 19.5 Å². The predicted molar refractivity (Wildman–Crippen MR) is 67.9 cm³/mol. The van der Waals surface area contributed by atoms with Gasteiger partial charge in [-0.15, -0.1) is 0 Å². The van der Waals surface area contributed by atoms with Crippen LogP contribution < -0.4 is 0 Å². The number of ether oxygens (including phenoxy) is 2. The van der Waals surface area contributed by atoms with Crippen molar-refractivity contribution in [1.29, 1.82) is 0 Å². The zero-order valence-corrected chi connectivity index (χ0v) is 10.6. The molecule has 1 saturated heterocycles. The summed E-state index contributed by atoms with van der Waals surface area (Å²) in [5.74, 6) is 0. The Balaban J connectivity index is 1.71. The minimum absolute atomic E-state index is 0.201. The highest BCUT2D eigenvalue weighted by atomic mass is 16.5. The topological polar surface area (TPSA) is 21.7 Å². The lowest BCUT2D eigenvalue weighted by Crippen LogP contribution is -2.46. The second-order valence-electron chi connectivity index (χ2n) is 4.79. The van der Waals surface area contributed by atoms with Crippen LogP contribution in [0.3, 0.4) is 0 Å². The molecule has 0 bridgehead atoms. The fourth-order valence-corrected chi connectivity index (χ4v) is 2.25. The molecule has 2 rings (SSSR count). The van der Waals surface area contributed by atoms with Crippen LogP contribution in [0, 0.1) is 0 Å². The lowest BCUT2D eigenvalue weighted by Gasteiger charge is -2.34. The maximum atomic E-state index is 5.83. The van der Waals surface area contributed by atoms with Crippen LogP contribution >= 0.6 is 0 Å². The first kappa shape index (κ1) is 12.6. The van der Waals surface area contributed by atoms with Crippen LogP contribution in [0.15, 0.2) is 30.3 Å². The van der Waals surface area contributed by atoms with Crippen molar-refractivity contribution in [1.82, 2.24) is 4.90 Å². The average molecular weight is 235 g/mol. The Kier molecular flexibility index (Phi) is 4.54. The van der Waals surface area contributed by atoms with Gasteiger partial charge in [-0.25, -0.2) is 0 Å². The molecule has 1 aromatic carbocycles. The summed E-state index contributed by atoms with van der Waals surface area (Å²) in [6, 6.07) is 10.2. The smallest absolute Gasteiger partial charge is 0.0939 e. The maximum Gasteiger partial charge on any atom is 0.0939 e. The minimum Gasteiger partial charge on any atom is -0.374 e. The summed E-state index contributed by atoms with van der Waals surface area (Å²) in [6.07, 6.45) is 0.506. The van der Waals surface area contributed by atoms with E-state index in [2.05, 4.69) is 31.0 Å². The molecule has 0 amide bonds. The number of morpholine rings is 1. The van der Waals surface area contributed by atoms with Crippen molar-refractivity contribution in [3.63, 3.8) is 0 Å². The quantitative estimate of drug-likeness (QED) is 0.796. The zero-order chi connectivity index (χ0) is 12.1. The third-order valence-corrected chi connectivity index (χ3v) is 2.92. The molecule has 94 valence electrons. The molecule has 1 heterocycles. The van der Waals surface area contributed by atoms with Crippen LogP contribution in [0.1, 0.15) is 12.5 Å². The normalized spacial score (nSPS) is 26.0. The summed E-state index contributed by atoms with van der Waals surface area (Å²) in [5, 5.41) is 0. The van der Waals surface area contributed by atoms with E-state index in [1.54, 1.807) is 0 Å². The number of benzene rings is 1. The molecule has 1 aromatic rings. The minimum atomic E-state index is 0.201. The van der Waals surface area contributed by atoms with E-state index in [1.165, 1.54) is 5.56 Å². The van der Waals surface area contributed by atoms with Crippen LogP contribution in [-0.4, -0.2) is 43.9 Å². The van der Waals surface area contributed by atoms with Crippen molar-refractivity contribution in [3.05, 3.63) is 35.9 Å². The summed E-state index contributed by atoms with van der Waals surface area (Å²) in [7, 11) is 2.13. The molecule has 1 aliphatic rings. The van der Waals surface area contributed by atoms with Crippen LogP contribution in [0.4, 0.5) is 0 Å². The Labute approximate surface area is 103 Å². The van der Waals surface area contributed by atoms with Crippen molar-refractivity contribution in [2.45, 2.75) is 25.7 Å². The van der Waals surface area contributed by atoms with Gasteiger partial charge in [0.1, 0.15) is 0 Å². The van der Waals surface area contributed by atoms with E-state index in [0.29, 0.717) is 19.3 Å². The molecular weight excluding hydrogens is 214 g/mol. The molecule has 0 spiro atoms. The van der Waals surface area contributed by atoms with Gasteiger partial charge in [0, 0.05) is 13.1 Å². The van der Waals surface area contributed by atoms with Gasteiger partial charge in [0.2, 0.25) is 0 Å². The predicted octanol–water partition coefficient (Wildman–Crippen LogP) is 1.92. The standard InChI is InChI=1S/C14H21NO2/c1-12-8-15(2)9-14(17-12)11-16-10-13-6-4-3-5-7-13/h3-7,12,14H,8-11H2,1-2H3/t12-,14+/m0/s1. The zero-order valence-electron chi connectivity index (χ0n) is 10.6. The second kappa shape index (κ2) is 6.15. The number of nitrogens with zero attached hydrogens (tertiary/aromatic N) is 1. The molecule has 2 atom stereocenters. The van der Waals surface area contributed by atoms with Gasteiger partial charge in [0.25, 0.3) is 0 Å². The van der Waals surface area contributed by atoms with E-state index in [1.807, 2.05) is 18.2 Å². The largest absolute Gasteiger partial charge is 0.374 e. The van der Waals surface area contributed by atoms with Crippen LogP contribution in [0.5, 0.6) is 0 Å². The SMILES string of the molecule is C[C@H]1CN(C)C[C@H](COCc2ccccc2)O1. The maximum absolute atomic E-state index is 5.83. The van der Waals surface area contributed by atoms with E-state index >= 15 is 0 Å². The number of rotatable bonds is 4. The molecule has 3 nitrogen and oxygen atoms in total. The summed E-state index contributed by atoms with van der Waals surface area (Å²) in [4.78, 5) is 2.30. The van der Waals surface area contributed by atoms with Gasteiger partial charge in [-0.3, -0.25) is 0 Å². The van der Waals surface area contributed by atoms with Crippen molar-refractivity contribution < 1.29 is 9.47 Å². The Hall–Kier alpha value is -0.900. The van der Waals surface area contributed by atoms with E-state index in [9.17, 15) is 0 Å². The fourth-order valence-electron chi connectivity index (χ4n) is 2.25. The highest BCUT2D eigenvalue weighted by molar-refractivity contribution is 5.13. The Morgan fingerprint density at radius 1 is 1.29 bits per heavy atom. The molecule has 17 heavy (non-hydrogen) atoms. The molecule has 0 aromatic heterocycles. The number of hydrogen-bond donors (Lipinski definition) is 0. The first-order chi connectivity index (χ1) is 8.24. The lowest BCUT2D eigenvalue weighted by atomic mass is 10.2. The second-order valence-corrected chi connectivity index (χ2v) is 4.79. The molecule has 1 aliphatic heterocycles. The van der Waals surface area contributed by atoms with Crippen molar-refractivity contribution in [3.8, 4) is 0 Å². The highest BCUT2D eigenvalue weighted by Crippen LogP contribution is 2.10. The molecular formula is C14H21NO2. The van der Waals surface area contributed by atoms with E-state index in [0.717, 1.165) is 13.1 Å². The average Bonchev–Trinajstić information content (AvgIpc) is 2.29. The summed E-state index contributed by atoms with van der Waals surface area (Å²) < 4.78 is 11.5. The molecule has 0 N–H and O–H groups in total. The molecule has 0 saturated carbocycles. The summed E-state index contributed by atoms with van der Waals surface area (Å²) in [5.41, 5.74) is 1.21. The molecule has 0 aliphatic carbocycles. The molecule has 1 fully saturated rings. The van der Waals surface area contributed by atoms with Gasteiger partial charge in [0.05, 0.1) is 25.4 Å². The van der Waals surface area contributed by atoms with Gasteiger partial charge in [-0.1, -0.05) is 30.3 Å². The summed E-state index contributed by atoms with van der Waals surface area (Å²) >= 11 is 0. The van der Waals surface area contributed by atoms with Crippen molar-refractivity contribution in [2.24, 2.45) is 0 Å². The van der Waals surface area contributed by atoms with Crippen LogP contribution in [0.2, 0.25) is 0 Å². The third-order valence-electron chi connectivity index (χ3n) is 2.92. The fraction of sp³-hybridized carbons (Fsp3) is 0.571. The van der Waals surface area contributed by atoms with Gasteiger partial charge in [0.15, 0.2) is 0 Å². The Bertz CT molecular complexity index is 318. The van der Waals surface area contributed by atoms with Crippen LogP contribution in [0.25, 0.3) is 0 Å². The highest BCUT2D eigenvalue weighted by Gasteiger charge is 2.22. The lowest BCUT2D eigenvalue weighted by molar-refractivity contribution is -0.103. The number of hydrogen-bond acceptors (Lipinski definition) is 3. The Morgan fingerprint density at radius 3 is 2.76 bits per heavy atom. The molecule has 0 radical (unpaired) electrons. The summed E-state index contributed by atoms with van der Waals surface area (Å²) in [6.45, 7) is 5.41. The van der Waals surface area contributed by atoms with Crippen molar-refractivity contribution >= 4 is 0 Å². The first-order valence-electron chi connectivity index (χ1n) is 6.19. The molecule has 0 unspecified atom stereocenters. The molecule has 3 heteroatoms. The van der Waals surface area contributed by atoms with E-state index in [4.69, 9.17) is 9.47 Å². The van der Waals surface area contributed by atoms with Crippen molar-refractivity contribution in [2.75, 3.05) is 26.7 Å².